The summed E-state index contributed by atoms with van der Waals surface area (Å²) in [4.78, 5) is 76.9. The molecule has 0 fully saturated rings. The monoisotopic (exact) mass is 603 g/mol. The third-order valence-corrected chi connectivity index (χ3v) is 6.71. The number of H-pyrrole nitrogens is 1. The summed E-state index contributed by atoms with van der Waals surface area (Å²) in [5.41, 5.74) is 12.7. The highest BCUT2D eigenvalue weighted by Crippen LogP contribution is 2.19. The number of carbonyl (C=O) groups is 6. The number of carboxylic acids is 2. The van der Waals surface area contributed by atoms with E-state index in [2.05, 4.69) is 26.3 Å². The SMILES string of the molecule is CC(C)[C@H](NC(=O)[C@@H](N)CC(=O)O)C(=O)N[C@@H](CCCCN)C(=O)NCC(=O)N[C@@H](Cc1c[nH]c2ccccc12)C(=O)O. The van der Waals surface area contributed by atoms with Gasteiger partial charge in [0, 0.05) is 23.5 Å². The minimum Gasteiger partial charge on any atom is -0.481 e. The molecule has 2 aromatic rings. The van der Waals surface area contributed by atoms with Crippen molar-refractivity contribution in [3.63, 3.8) is 0 Å². The summed E-state index contributed by atoms with van der Waals surface area (Å²) in [5.74, 6) is -5.94. The zero-order chi connectivity index (χ0) is 32.1. The van der Waals surface area contributed by atoms with Crippen LogP contribution < -0.4 is 32.7 Å². The predicted octanol–water partition coefficient (Wildman–Crippen LogP) is -1.05. The third-order valence-electron chi connectivity index (χ3n) is 6.71. The molecule has 15 nitrogen and oxygen atoms in total. The van der Waals surface area contributed by atoms with Crippen molar-refractivity contribution in [2.45, 2.75) is 70.1 Å². The molecule has 2 rings (SSSR count). The van der Waals surface area contributed by atoms with Gasteiger partial charge < -0.3 is 47.9 Å². The van der Waals surface area contributed by atoms with Gasteiger partial charge in [-0.3, -0.25) is 24.0 Å². The molecule has 43 heavy (non-hydrogen) atoms. The van der Waals surface area contributed by atoms with Gasteiger partial charge in [-0.2, -0.15) is 0 Å². The minimum absolute atomic E-state index is 0.00916. The molecular formula is C28H41N7O8. The maximum absolute atomic E-state index is 13.1. The maximum atomic E-state index is 13.1. The first-order chi connectivity index (χ1) is 20.3. The summed E-state index contributed by atoms with van der Waals surface area (Å²) in [7, 11) is 0. The number of hydrogen-bond donors (Lipinski definition) is 9. The predicted molar refractivity (Wildman–Crippen MR) is 156 cm³/mol. The number of aromatic amines is 1. The molecule has 1 heterocycles. The van der Waals surface area contributed by atoms with Gasteiger partial charge in [-0.05, 0) is 43.4 Å². The van der Waals surface area contributed by atoms with Crippen molar-refractivity contribution in [1.29, 1.82) is 0 Å². The van der Waals surface area contributed by atoms with Crippen LogP contribution in [-0.4, -0.2) is 88.0 Å². The molecule has 0 saturated carbocycles. The standard InChI is InChI=1S/C28H41N7O8/c1-15(2)24(35-25(39)18(30)12-23(37)38)27(41)34-20(9-5-6-10-29)26(40)32-14-22(36)33-21(28(42)43)11-16-13-31-19-8-4-3-7-17(16)19/h3-4,7-8,13,15,18,20-21,24,31H,5-6,9-12,14,29-30H2,1-2H3,(H,32,40)(H,33,36)(H,34,41)(H,35,39)(H,37,38)(H,42,43)/t18-,20-,21-,24-/m0/s1. The van der Waals surface area contributed by atoms with Crippen LogP contribution in [0.1, 0.15) is 45.1 Å². The smallest absolute Gasteiger partial charge is 0.326 e. The van der Waals surface area contributed by atoms with Crippen LogP contribution in [0.5, 0.6) is 0 Å². The first-order valence-corrected chi connectivity index (χ1v) is 14.0. The Morgan fingerprint density at radius 2 is 1.60 bits per heavy atom. The van der Waals surface area contributed by atoms with Crippen LogP contribution in [0, 0.1) is 5.92 Å². The Bertz CT molecular complexity index is 1290. The molecule has 15 heteroatoms. The number of hydrogen-bond acceptors (Lipinski definition) is 8. The lowest BCUT2D eigenvalue weighted by molar-refractivity contribution is -0.142. The first-order valence-electron chi connectivity index (χ1n) is 14.0. The zero-order valence-corrected chi connectivity index (χ0v) is 24.2. The topological polar surface area (TPSA) is 259 Å². The van der Waals surface area contributed by atoms with E-state index in [1.165, 1.54) is 0 Å². The molecule has 0 radical (unpaired) electrons. The lowest BCUT2D eigenvalue weighted by Gasteiger charge is -2.26. The average molecular weight is 604 g/mol. The van der Waals surface area contributed by atoms with Crippen LogP contribution in [0.2, 0.25) is 0 Å². The van der Waals surface area contributed by atoms with Gasteiger partial charge in [-0.15, -0.1) is 0 Å². The molecule has 0 aliphatic rings. The van der Waals surface area contributed by atoms with Crippen molar-refractivity contribution in [1.82, 2.24) is 26.3 Å². The second-order valence-corrected chi connectivity index (χ2v) is 10.5. The Morgan fingerprint density at radius 3 is 2.23 bits per heavy atom. The van der Waals surface area contributed by atoms with E-state index in [1.807, 2.05) is 24.3 Å². The van der Waals surface area contributed by atoms with Crippen molar-refractivity contribution in [2.24, 2.45) is 17.4 Å². The Hall–Kier alpha value is -4.50. The fourth-order valence-corrected chi connectivity index (χ4v) is 4.36. The molecule has 0 unspecified atom stereocenters. The van der Waals surface area contributed by atoms with E-state index in [9.17, 15) is 33.9 Å². The molecule has 4 amide bonds. The summed E-state index contributed by atoms with van der Waals surface area (Å²) < 4.78 is 0. The molecule has 0 aliphatic carbocycles. The van der Waals surface area contributed by atoms with E-state index in [0.717, 1.165) is 10.9 Å². The van der Waals surface area contributed by atoms with Gasteiger partial charge in [0.1, 0.15) is 18.1 Å². The summed E-state index contributed by atoms with van der Waals surface area (Å²) in [6.45, 7) is 3.10. The number of nitrogens with one attached hydrogen (secondary N) is 5. The van der Waals surface area contributed by atoms with Crippen molar-refractivity contribution in [3.05, 3.63) is 36.0 Å². The summed E-state index contributed by atoms with van der Waals surface area (Å²) >= 11 is 0. The molecule has 0 saturated heterocycles. The van der Waals surface area contributed by atoms with E-state index < -0.39 is 78.6 Å². The number of carboxylic acid groups (broad SMARTS) is 2. The molecule has 0 spiro atoms. The Balaban J connectivity index is 2.03. The number of nitrogens with two attached hydrogens (primary N) is 2. The molecule has 11 N–H and O–H groups in total. The van der Waals surface area contributed by atoms with E-state index in [0.29, 0.717) is 24.9 Å². The molecular weight excluding hydrogens is 562 g/mol. The average Bonchev–Trinajstić information content (AvgIpc) is 3.35. The van der Waals surface area contributed by atoms with Gasteiger partial charge in [0.15, 0.2) is 0 Å². The summed E-state index contributed by atoms with van der Waals surface area (Å²) in [6.07, 6.45) is 2.25. The van der Waals surface area contributed by atoms with Gasteiger partial charge in [-0.1, -0.05) is 32.0 Å². The molecule has 4 atom stereocenters. The Morgan fingerprint density at radius 1 is 0.907 bits per heavy atom. The first kappa shape index (κ1) is 34.7. The molecule has 236 valence electrons. The highest BCUT2D eigenvalue weighted by Gasteiger charge is 2.31. The van der Waals surface area contributed by atoms with Crippen molar-refractivity contribution >= 4 is 46.5 Å². The number of unbranched alkanes of at least 4 members (excludes halogenated alkanes) is 1. The number of benzene rings is 1. The number of rotatable bonds is 18. The minimum atomic E-state index is -1.38. The van der Waals surface area contributed by atoms with E-state index in [4.69, 9.17) is 16.6 Å². The number of para-hydroxylation sites is 1. The fraction of sp³-hybridized carbons (Fsp3) is 0.500. The van der Waals surface area contributed by atoms with Gasteiger partial charge >= 0.3 is 11.9 Å². The van der Waals surface area contributed by atoms with Crippen LogP contribution in [0.25, 0.3) is 10.9 Å². The van der Waals surface area contributed by atoms with E-state index in [1.54, 1.807) is 20.0 Å². The van der Waals surface area contributed by atoms with Crippen molar-refractivity contribution in [3.8, 4) is 0 Å². The number of amides is 4. The van der Waals surface area contributed by atoms with Crippen LogP contribution >= 0.6 is 0 Å². The second kappa shape index (κ2) is 16.8. The number of fused-ring (bicyclic) bond motifs is 1. The Labute approximate surface area is 248 Å². The highest BCUT2D eigenvalue weighted by atomic mass is 16.4. The molecule has 1 aromatic carbocycles. The molecule has 1 aromatic heterocycles. The van der Waals surface area contributed by atoms with Crippen LogP contribution in [0.3, 0.4) is 0 Å². The van der Waals surface area contributed by atoms with Crippen LogP contribution in [-0.2, 0) is 35.2 Å². The van der Waals surface area contributed by atoms with Gasteiger partial charge in [0.05, 0.1) is 19.0 Å². The second-order valence-electron chi connectivity index (χ2n) is 10.5. The van der Waals surface area contributed by atoms with Crippen LogP contribution in [0.4, 0.5) is 0 Å². The normalized spacial score (nSPS) is 13.9. The summed E-state index contributed by atoms with van der Waals surface area (Å²) in [5, 5.41) is 29.2. The number of carbonyl (C=O) groups excluding carboxylic acids is 4. The van der Waals surface area contributed by atoms with Crippen molar-refractivity contribution < 1.29 is 39.0 Å². The number of aromatic nitrogens is 1. The molecule has 0 aliphatic heterocycles. The van der Waals surface area contributed by atoms with Gasteiger partial charge in [0.25, 0.3) is 0 Å². The fourth-order valence-electron chi connectivity index (χ4n) is 4.36. The zero-order valence-electron chi connectivity index (χ0n) is 24.2. The van der Waals surface area contributed by atoms with Gasteiger partial charge in [0.2, 0.25) is 23.6 Å². The highest BCUT2D eigenvalue weighted by molar-refractivity contribution is 5.95. The maximum Gasteiger partial charge on any atom is 0.326 e. The summed E-state index contributed by atoms with van der Waals surface area (Å²) in [6, 6.07) is 2.48. The van der Waals surface area contributed by atoms with E-state index >= 15 is 0 Å². The third kappa shape index (κ3) is 11.0. The van der Waals surface area contributed by atoms with E-state index in [-0.39, 0.29) is 12.8 Å². The number of aliphatic carboxylic acids is 2. The Kier molecular flexibility index (Phi) is 13.6. The lowest BCUT2D eigenvalue weighted by Crippen LogP contribution is -2.58. The molecule has 0 bridgehead atoms. The van der Waals surface area contributed by atoms with Crippen molar-refractivity contribution in [2.75, 3.05) is 13.1 Å². The largest absolute Gasteiger partial charge is 0.481 e. The van der Waals surface area contributed by atoms with Gasteiger partial charge in [-0.25, -0.2) is 4.79 Å². The lowest BCUT2D eigenvalue weighted by atomic mass is 10.0. The van der Waals surface area contributed by atoms with Crippen LogP contribution in [0.15, 0.2) is 30.5 Å². The quantitative estimate of drug-likeness (QED) is 0.0934.